The number of rotatable bonds is 0. The van der Waals surface area contributed by atoms with Gasteiger partial charge in [-0.1, -0.05) is 12.1 Å². The van der Waals surface area contributed by atoms with Gasteiger partial charge in [-0.2, -0.15) is 5.26 Å². The quantitative estimate of drug-likeness (QED) is 0.442. The van der Waals surface area contributed by atoms with Crippen LogP contribution in [0.15, 0.2) is 24.3 Å². The van der Waals surface area contributed by atoms with Gasteiger partial charge in [-0.3, -0.25) is 0 Å². The van der Waals surface area contributed by atoms with E-state index in [9.17, 15) is 0 Å². The zero-order valence-electron chi connectivity index (χ0n) is 6.63. The van der Waals surface area contributed by atoms with Gasteiger partial charge in [-0.15, -0.1) is 0 Å². The second kappa shape index (κ2) is 5.14. The average Bonchev–Trinajstić information content (AvgIpc) is 1.89. The molecule has 1 rings (SSSR count). The van der Waals surface area contributed by atoms with Crippen LogP contribution in [0.25, 0.3) is 0 Å². The Balaban J connectivity index is 0. The molecule has 0 aromatic heterocycles. The van der Waals surface area contributed by atoms with Crippen LogP contribution in [0.1, 0.15) is 6.99 Å². The first kappa shape index (κ1) is 10.4. The van der Waals surface area contributed by atoms with E-state index in [-0.39, 0.29) is 31.0 Å². The van der Waals surface area contributed by atoms with Crippen LogP contribution in [0, 0.1) is 14.9 Å². The molecule has 0 radical (unpaired) electrons. The molecule has 0 bridgehead atoms. The minimum atomic E-state index is 0. The fourth-order valence-electron chi connectivity index (χ4n) is 0.552. The molecule has 0 atom stereocenters. The van der Waals surface area contributed by atoms with Gasteiger partial charge in [0.25, 0.3) is 0 Å². The Hall–Kier alpha value is 0.440. The summed E-state index contributed by atoms with van der Waals surface area (Å²) >= 11 is 2.14. The van der Waals surface area contributed by atoms with E-state index in [0.717, 1.165) is 9.13 Å². The summed E-state index contributed by atoms with van der Waals surface area (Å²) in [6.07, 6.45) is 0. The molecule has 0 saturated carbocycles. The van der Waals surface area contributed by atoms with Crippen LogP contribution in [0.2, 0.25) is 0 Å². The second-order valence-corrected chi connectivity index (χ2v) is 2.75. The zero-order valence-corrected chi connectivity index (χ0v) is 9.79. The van der Waals surface area contributed by atoms with Crippen molar-refractivity contribution in [2.75, 3.05) is 0 Å². The number of halogens is 1. The fraction of sp³-hybridized carbons (Fsp3) is 0. The molecule has 0 unspecified atom stereocenters. The van der Waals surface area contributed by atoms with E-state index in [1.807, 2.05) is 24.3 Å². The summed E-state index contributed by atoms with van der Waals surface area (Å²) in [5.74, 6) is 0. The number of nitriles is 1. The van der Waals surface area contributed by atoms with Gasteiger partial charge in [-0.25, -0.2) is 0 Å². The SMILES string of the molecule is N#Cc1ccccc1I.[H-].[Na+]. The molecule has 0 fully saturated rings. The number of hydrogen-bond acceptors (Lipinski definition) is 1. The van der Waals surface area contributed by atoms with Crippen molar-refractivity contribution >= 4 is 22.6 Å². The summed E-state index contributed by atoms with van der Waals surface area (Å²) < 4.78 is 1.01. The Labute approximate surface area is 97.3 Å². The van der Waals surface area contributed by atoms with Gasteiger partial charge in [0.05, 0.1) is 5.56 Å². The van der Waals surface area contributed by atoms with Crippen molar-refractivity contribution in [2.24, 2.45) is 0 Å². The van der Waals surface area contributed by atoms with Crippen LogP contribution in [0.3, 0.4) is 0 Å². The van der Waals surface area contributed by atoms with Gasteiger partial charge in [0.1, 0.15) is 6.07 Å². The molecule has 1 aromatic rings. The predicted octanol–water partition coefficient (Wildman–Crippen LogP) is -0.721. The maximum Gasteiger partial charge on any atom is 1.00 e. The number of benzene rings is 1. The van der Waals surface area contributed by atoms with E-state index in [2.05, 4.69) is 28.7 Å². The standard InChI is InChI=1S/C7H4IN.Na.H/c8-7-4-2-1-3-6(7)5-9;;/h1-4H;;/q;+1;-1. The molecule has 1 aromatic carbocycles. The third-order valence-corrected chi connectivity index (χ3v) is 1.93. The van der Waals surface area contributed by atoms with Crippen LogP contribution in [-0.4, -0.2) is 0 Å². The van der Waals surface area contributed by atoms with Gasteiger partial charge in [-0.05, 0) is 34.7 Å². The van der Waals surface area contributed by atoms with Crippen molar-refractivity contribution in [1.82, 2.24) is 0 Å². The Morgan fingerprint density at radius 3 is 2.40 bits per heavy atom. The summed E-state index contributed by atoms with van der Waals surface area (Å²) in [7, 11) is 0. The van der Waals surface area contributed by atoms with E-state index in [1.165, 1.54) is 0 Å². The van der Waals surface area contributed by atoms with Crippen molar-refractivity contribution in [2.45, 2.75) is 0 Å². The Morgan fingerprint density at radius 1 is 1.40 bits per heavy atom. The molecule has 1 nitrogen and oxygen atoms in total. The van der Waals surface area contributed by atoms with Crippen molar-refractivity contribution in [1.29, 1.82) is 5.26 Å². The van der Waals surface area contributed by atoms with Crippen molar-refractivity contribution < 1.29 is 31.0 Å². The van der Waals surface area contributed by atoms with Gasteiger partial charge in [0.2, 0.25) is 0 Å². The summed E-state index contributed by atoms with van der Waals surface area (Å²) in [4.78, 5) is 0. The molecule has 3 heteroatoms. The fourth-order valence-corrected chi connectivity index (χ4v) is 1.06. The van der Waals surface area contributed by atoms with E-state index in [1.54, 1.807) is 0 Å². The minimum Gasteiger partial charge on any atom is -1.00 e. The van der Waals surface area contributed by atoms with Crippen molar-refractivity contribution in [3.05, 3.63) is 33.4 Å². The Kier molecular flexibility index (Phi) is 5.36. The molecule has 0 heterocycles. The third kappa shape index (κ3) is 2.59. The number of nitrogens with zero attached hydrogens (tertiary/aromatic N) is 1. The molecule has 0 N–H and O–H groups in total. The molecule has 0 spiro atoms. The molecular weight excluding hydrogens is 248 g/mol. The topological polar surface area (TPSA) is 23.8 Å². The van der Waals surface area contributed by atoms with Crippen LogP contribution >= 0.6 is 22.6 Å². The predicted molar refractivity (Wildman–Crippen MR) is 45.0 cm³/mol. The van der Waals surface area contributed by atoms with E-state index in [4.69, 9.17) is 5.26 Å². The smallest absolute Gasteiger partial charge is 1.00 e. The molecule has 0 aliphatic carbocycles. The largest absolute Gasteiger partial charge is 1.00 e. The zero-order chi connectivity index (χ0) is 6.69. The van der Waals surface area contributed by atoms with Crippen LogP contribution < -0.4 is 29.6 Å². The first-order valence-corrected chi connectivity index (χ1v) is 3.57. The van der Waals surface area contributed by atoms with Gasteiger partial charge >= 0.3 is 29.6 Å². The van der Waals surface area contributed by atoms with Crippen molar-refractivity contribution in [3.63, 3.8) is 0 Å². The minimum absolute atomic E-state index is 0. The third-order valence-electron chi connectivity index (χ3n) is 0.994. The molecule has 10 heavy (non-hydrogen) atoms. The van der Waals surface area contributed by atoms with E-state index in [0.29, 0.717) is 0 Å². The van der Waals surface area contributed by atoms with Crippen LogP contribution in [-0.2, 0) is 0 Å². The first-order chi connectivity index (χ1) is 4.34. The van der Waals surface area contributed by atoms with Gasteiger partial charge in [0, 0.05) is 3.57 Å². The molecule has 46 valence electrons. The first-order valence-electron chi connectivity index (χ1n) is 2.49. The number of hydrogen-bond donors (Lipinski definition) is 0. The van der Waals surface area contributed by atoms with E-state index < -0.39 is 0 Å². The second-order valence-electron chi connectivity index (χ2n) is 1.59. The maximum atomic E-state index is 8.46. The summed E-state index contributed by atoms with van der Waals surface area (Å²) in [6, 6.07) is 9.59. The Bertz CT molecular complexity index is 259. The normalized spacial score (nSPS) is 7.60. The summed E-state index contributed by atoms with van der Waals surface area (Å²) in [5, 5.41) is 8.46. The average molecular weight is 253 g/mol. The molecule has 0 aliphatic heterocycles. The van der Waals surface area contributed by atoms with Gasteiger partial charge in [0.15, 0.2) is 0 Å². The molecule has 0 amide bonds. The van der Waals surface area contributed by atoms with Crippen LogP contribution in [0.5, 0.6) is 0 Å². The monoisotopic (exact) mass is 253 g/mol. The maximum absolute atomic E-state index is 8.46. The summed E-state index contributed by atoms with van der Waals surface area (Å²) in [5.41, 5.74) is 0.748. The molecule has 0 aliphatic rings. The van der Waals surface area contributed by atoms with Crippen molar-refractivity contribution in [3.8, 4) is 6.07 Å². The molecular formula is C7H5INNa. The van der Waals surface area contributed by atoms with Crippen LogP contribution in [0.4, 0.5) is 0 Å². The van der Waals surface area contributed by atoms with E-state index >= 15 is 0 Å². The summed E-state index contributed by atoms with van der Waals surface area (Å²) in [6.45, 7) is 0. The Morgan fingerprint density at radius 2 is 2.00 bits per heavy atom. The molecule has 0 saturated heterocycles. The van der Waals surface area contributed by atoms with Gasteiger partial charge < -0.3 is 1.43 Å².